The van der Waals surface area contributed by atoms with E-state index in [2.05, 4.69) is 100 Å². The van der Waals surface area contributed by atoms with Gasteiger partial charge in [-0.05, 0) is 60.7 Å². The second kappa shape index (κ2) is 8.65. The van der Waals surface area contributed by atoms with Crippen molar-refractivity contribution in [3.8, 4) is 28.6 Å². The van der Waals surface area contributed by atoms with Crippen LogP contribution in [0.5, 0.6) is 0 Å². The Kier molecular flexibility index (Phi) is 4.82. The van der Waals surface area contributed by atoms with Crippen LogP contribution in [0.4, 0.5) is 0 Å². The zero-order valence-corrected chi connectivity index (χ0v) is 21.4. The normalized spacial score (nSPS) is 11.5. The van der Waals surface area contributed by atoms with E-state index in [1.54, 1.807) is 12.4 Å². The third-order valence-corrected chi connectivity index (χ3v) is 7.68. The Labute approximate surface area is 229 Å². The van der Waals surface area contributed by atoms with E-state index in [4.69, 9.17) is 9.97 Å². The number of fused-ring (bicyclic) bond motifs is 6. The van der Waals surface area contributed by atoms with E-state index in [0.29, 0.717) is 5.56 Å². The molecule has 0 saturated heterocycles. The number of pyridine rings is 2. The van der Waals surface area contributed by atoms with Gasteiger partial charge in [-0.15, -0.1) is 0 Å². The smallest absolute Gasteiger partial charge is 0.146 e. The summed E-state index contributed by atoms with van der Waals surface area (Å²) in [7, 11) is 0. The van der Waals surface area contributed by atoms with Crippen LogP contribution in [0.3, 0.4) is 0 Å². The highest BCUT2D eigenvalue weighted by atomic mass is 15.1. The number of benzene rings is 4. The molecule has 0 amide bonds. The maximum atomic E-state index is 10.2. The van der Waals surface area contributed by atoms with Crippen LogP contribution < -0.4 is 0 Å². The molecule has 0 radical (unpaired) electrons. The summed E-state index contributed by atoms with van der Waals surface area (Å²) in [5.74, 6) is 0. The van der Waals surface area contributed by atoms with Crippen LogP contribution in [-0.2, 0) is 0 Å². The fourth-order valence-corrected chi connectivity index (χ4v) is 5.99. The fourth-order valence-electron chi connectivity index (χ4n) is 5.99. The van der Waals surface area contributed by atoms with Crippen LogP contribution in [0.1, 0.15) is 5.56 Å². The Balaban J connectivity index is 1.43. The van der Waals surface area contributed by atoms with Gasteiger partial charge in [-0.3, -0.25) is 4.57 Å². The monoisotopic (exact) mass is 511 g/mol. The maximum absolute atomic E-state index is 10.2. The minimum atomic E-state index is 0.610. The molecule has 5 nitrogen and oxygen atoms in total. The molecule has 8 aromatic rings. The fraction of sp³-hybridized carbons (Fsp3) is 0. The highest BCUT2D eigenvalue weighted by molar-refractivity contribution is 6.10. The second-order valence-corrected chi connectivity index (χ2v) is 9.81. The van der Waals surface area contributed by atoms with Gasteiger partial charge in [-0.25, -0.2) is 9.97 Å². The third-order valence-electron chi connectivity index (χ3n) is 7.68. The summed E-state index contributed by atoms with van der Waals surface area (Å²) >= 11 is 0. The predicted molar refractivity (Wildman–Crippen MR) is 161 cm³/mol. The number of hydrogen-bond acceptors (Lipinski definition) is 3. The zero-order chi connectivity index (χ0) is 26.6. The van der Waals surface area contributed by atoms with Gasteiger partial charge < -0.3 is 4.57 Å². The molecule has 0 spiro atoms. The van der Waals surface area contributed by atoms with Crippen LogP contribution >= 0.6 is 0 Å². The van der Waals surface area contributed by atoms with Gasteiger partial charge in [-0.2, -0.15) is 5.26 Å². The van der Waals surface area contributed by atoms with Gasteiger partial charge in [0.1, 0.15) is 11.3 Å². The summed E-state index contributed by atoms with van der Waals surface area (Å²) < 4.78 is 4.38. The molecule has 0 unspecified atom stereocenters. The van der Waals surface area contributed by atoms with Crippen molar-refractivity contribution in [2.45, 2.75) is 0 Å². The van der Waals surface area contributed by atoms with Gasteiger partial charge in [-0.1, -0.05) is 54.6 Å². The van der Waals surface area contributed by atoms with Crippen molar-refractivity contribution in [3.63, 3.8) is 0 Å². The van der Waals surface area contributed by atoms with Crippen LogP contribution in [0, 0.1) is 11.3 Å². The molecule has 0 saturated carbocycles. The van der Waals surface area contributed by atoms with Crippen molar-refractivity contribution in [1.29, 1.82) is 5.26 Å². The Morgan fingerprint density at radius 2 is 1.10 bits per heavy atom. The van der Waals surface area contributed by atoms with Gasteiger partial charge in [0, 0.05) is 50.8 Å². The molecule has 4 heterocycles. The Hall–Kier alpha value is -5.73. The average Bonchev–Trinajstić information content (AvgIpc) is 3.54. The summed E-state index contributed by atoms with van der Waals surface area (Å²) in [5, 5.41) is 14.7. The number of rotatable bonds is 3. The van der Waals surface area contributed by atoms with E-state index in [1.807, 2.05) is 30.3 Å². The zero-order valence-electron chi connectivity index (χ0n) is 21.4. The Morgan fingerprint density at radius 1 is 0.525 bits per heavy atom. The first kappa shape index (κ1) is 22.3. The van der Waals surface area contributed by atoms with E-state index in [-0.39, 0.29) is 0 Å². The van der Waals surface area contributed by atoms with Crippen molar-refractivity contribution < 1.29 is 0 Å². The van der Waals surface area contributed by atoms with Gasteiger partial charge in [0.25, 0.3) is 0 Å². The van der Waals surface area contributed by atoms with Crippen molar-refractivity contribution in [3.05, 3.63) is 133 Å². The molecule has 4 aromatic heterocycles. The number of hydrogen-bond donors (Lipinski definition) is 0. The van der Waals surface area contributed by atoms with E-state index in [1.165, 1.54) is 10.8 Å². The van der Waals surface area contributed by atoms with Crippen molar-refractivity contribution in [1.82, 2.24) is 19.1 Å². The average molecular weight is 512 g/mol. The predicted octanol–water partition coefficient (Wildman–Crippen LogP) is 8.21. The minimum absolute atomic E-state index is 0.610. The molecular weight excluding hydrogens is 490 g/mol. The Morgan fingerprint density at radius 3 is 1.75 bits per heavy atom. The summed E-state index contributed by atoms with van der Waals surface area (Å²) in [6.07, 6.45) is 3.61. The number of nitrogens with zero attached hydrogens (tertiary/aromatic N) is 5. The second-order valence-electron chi connectivity index (χ2n) is 9.81. The summed E-state index contributed by atoms with van der Waals surface area (Å²) in [6.45, 7) is 0. The molecule has 4 aromatic carbocycles. The van der Waals surface area contributed by atoms with E-state index in [0.717, 1.165) is 55.6 Å². The molecule has 186 valence electrons. The molecule has 0 bridgehead atoms. The Bertz CT molecular complexity index is 2190. The van der Waals surface area contributed by atoms with Crippen molar-refractivity contribution in [2.75, 3.05) is 0 Å². The van der Waals surface area contributed by atoms with Crippen LogP contribution in [0.2, 0.25) is 0 Å². The molecule has 0 aliphatic carbocycles. The lowest BCUT2D eigenvalue weighted by Crippen LogP contribution is -2.01. The first-order chi connectivity index (χ1) is 19.8. The van der Waals surface area contributed by atoms with Crippen LogP contribution in [0.25, 0.3) is 66.4 Å². The molecular formula is C35H21N5. The van der Waals surface area contributed by atoms with Gasteiger partial charge in [0.15, 0.2) is 0 Å². The van der Waals surface area contributed by atoms with E-state index in [9.17, 15) is 5.26 Å². The van der Waals surface area contributed by atoms with E-state index >= 15 is 0 Å². The first-order valence-electron chi connectivity index (χ1n) is 13.2. The third kappa shape index (κ3) is 3.14. The summed E-state index contributed by atoms with van der Waals surface area (Å²) in [5.41, 5.74) is 8.30. The number of aromatic nitrogens is 4. The quantitative estimate of drug-likeness (QED) is 0.240. The summed E-state index contributed by atoms with van der Waals surface area (Å²) in [6, 6.07) is 41.7. The molecule has 40 heavy (non-hydrogen) atoms. The SMILES string of the molecule is N#Cc1ccc(-n2c3ncccc3c3cccnc32)cc1-c1ccccc1-n1c2ccccc2c2ccccc21. The minimum Gasteiger partial charge on any atom is -0.309 e. The topological polar surface area (TPSA) is 59.4 Å². The summed E-state index contributed by atoms with van der Waals surface area (Å²) in [4.78, 5) is 9.44. The lowest BCUT2D eigenvalue weighted by Gasteiger charge is -2.16. The lowest BCUT2D eigenvalue weighted by molar-refractivity contribution is 1.10. The van der Waals surface area contributed by atoms with Gasteiger partial charge in [0.2, 0.25) is 0 Å². The molecule has 0 N–H and O–H groups in total. The van der Waals surface area contributed by atoms with E-state index < -0.39 is 0 Å². The van der Waals surface area contributed by atoms with Crippen molar-refractivity contribution >= 4 is 43.9 Å². The molecule has 0 aliphatic heterocycles. The number of nitriles is 1. The largest absolute Gasteiger partial charge is 0.309 e. The molecule has 8 rings (SSSR count). The van der Waals surface area contributed by atoms with Crippen molar-refractivity contribution in [2.24, 2.45) is 0 Å². The van der Waals surface area contributed by atoms with Gasteiger partial charge >= 0.3 is 0 Å². The maximum Gasteiger partial charge on any atom is 0.146 e. The van der Waals surface area contributed by atoms with Gasteiger partial charge in [0.05, 0.1) is 28.4 Å². The first-order valence-corrected chi connectivity index (χ1v) is 13.2. The highest BCUT2D eigenvalue weighted by Gasteiger charge is 2.19. The molecule has 0 aliphatic rings. The molecule has 5 heteroatoms. The molecule has 0 atom stereocenters. The highest BCUT2D eigenvalue weighted by Crippen LogP contribution is 2.38. The van der Waals surface area contributed by atoms with Crippen LogP contribution in [0.15, 0.2) is 128 Å². The van der Waals surface area contributed by atoms with Crippen LogP contribution in [-0.4, -0.2) is 19.1 Å². The standard InChI is InChI=1S/C35H21N5/c36-22-23-17-18-24(39-34-28(12-7-19-37-34)29-13-8-20-38-35(29)39)21-30(23)27-11-3-6-16-33(27)40-31-14-4-1-9-25(31)26-10-2-5-15-32(26)40/h1-21H. The lowest BCUT2D eigenvalue weighted by atomic mass is 9.97. The molecule has 0 fully saturated rings. The number of para-hydroxylation sites is 3.